The van der Waals surface area contributed by atoms with Crippen molar-refractivity contribution in [2.75, 3.05) is 13.1 Å². The summed E-state index contributed by atoms with van der Waals surface area (Å²) in [6, 6.07) is 14.0. The van der Waals surface area contributed by atoms with E-state index < -0.39 is 0 Å². The highest BCUT2D eigenvalue weighted by Crippen LogP contribution is 2.22. The molecular weight excluding hydrogens is 335 g/mol. The van der Waals surface area contributed by atoms with Crippen molar-refractivity contribution in [1.29, 1.82) is 0 Å². The van der Waals surface area contributed by atoms with Crippen molar-refractivity contribution >= 4 is 5.91 Å². The van der Waals surface area contributed by atoms with Crippen molar-refractivity contribution in [3.05, 3.63) is 82.7 Å². The summed E-state index contributed by atoms with van der Waals surface area (Å²) in [5.74, 6) is -0.533. The number of carbonyl (C=O) groups is 1. The van der Waals surface area contributed by atoms with E-state index in [1.165, 1.54) is 22.9 Å². The summed E-state index contributed by atoms with van der Waals surface area (Å²) in [5, 5.41) is 4.36. The number of pyridine rings is 1. The third-order valence-corrected chi connectivity index (χ3v) is 4.32. The topological polar surface area (TPSA) is 68.1 Å². The van der Waals surface area contributed by atoms with E-state index in [9.17, 15) is 14.0 Å². The largest absolute Gasteiger partial charge is 0.333 e. The van der Waals surface area contributed by atoms with E-state index in [-0.39, 0.29) is 23.3 Å². The molecule has 0 unspecified atom stereocenters. The fourth-order valence-electron chi connectivity index (χ4n) is 2.92. The average molecular weight is 350 g/mol. The van der Waals surface area contributed by atoms with Gasteiger partial charge in [0.15, 0.2) is 0 Å². The van der Waals surface area contributed by atoms with E-state index in [1.54, 1.807) is 47.5 Å². The van der Waals surface area contributed by atoms with E-state index in [4.69, 9.17) is 0 Å². The van der Waals surface area contributed by atoms with Crippen molar-refractivity contribution in [2.24, 2.45) is 0 Å². The molecular formula is C19H15FN4O2. The lowest BCUT2D eigenvalue weighted by atomic mass is 10.1. The fraction of sp³-hybridized carbons (Fsp3) is 0.158. The van der Waals surface area contributed by atoms with Gasteiger partial charge in [-0.05, 0) is 30.3 Å². The molecule has 4 rings (SSSR count). The number of rotatable bonds is 3. The normalized spacial score (nSPS) is 14.1. The molecule has 26 heavy (non-hydrogen) atoms. The molecule has 7 heteroatoms. The molecule has 0 bridgehead atoms. The molecule has 6 nitrogen and oxygen atoms in total. The van der Waals surface area contributed by atoms with Crippen LogP contribution in [0.3, 0.4) is 0 Å². The first-order chi connectivity index (χ1) is 12.6. The van der Waals surface area contributed by atoms with Gasteiger partial charge in [0.25, 0.3) is 11.5 Å². The molecule has 2 aromatic heterocycles. The number of aromatic nitrogens is 3. The second-order valence-corrected chi connectivity index (χ2v) is 6.09. The maximum atomic E-state index is 13.4. The van der Waals surface area contributed by atoms with E-state index in [1.807, 2.05) is 0 Å². The lowest BCUT2D eigenvalue weighted by molar-refractivity contribution is 0.0487. The van der Waals surface area contributed by atoms with E-state index in [2.05, 4.69) is 10.1 Å². The molecule has 1 saturated heterocycles. The summed E-state index contributed by atoms with van der Waals surface area (Å²) < 4.78 is 14.8. The van der Waals surface area contributed by atoms with E-state index in [0.717, 1.165) is 0 Å². The first kappa shape index (κ1) is 16.1. The Kier molecular flexibility index (Phi) is 4.04. The third-order valence-electron chi connectivity index (χ3n) is 4.32. The monoisotopic (exact) mass is 350 g/mol. The minimum Gasteiger partial charge on any atom is -0.333 e. The summed E-state index contributed by atoms with van der Waals surface area (Å²) in [4.78, 5) is 30.2. The molecule has 3 heterocycles. The molecule has 0 saturated carbocycles. The van der Waals surface area contributed by atoms with Gasteiger partial charge in [0.2, 0.25) is 0 Å². The highest BCUT2D eigenvalue weighted by Gasteiger charge is 2.34. The molecule has 1 fully saturated rings. The lowest BCUT2D eigenvalue weighted by Gasteiger charge is -2.39. The number of hydrogen-bond donors (Lipinski definition) is 0. The molecule has 0 atom stereocenters. The van der Waals surface area contributed by atoms with Gasteiger partial charge < -0.3 is 4.90 Å². The summed E-state index contributed by atoms with van der Waals surface area (Å²) >= 11 is 0. The number of likely N-dealkylation sites (tertiary alicyclic amines) is 1. The molecule has 0 N–H and O–H groups in total. The second kappa shape index (κ2) is 6.51. The van der Waals surface area contributed by atoms with Crippen molar-refractivity contribution < 1.29 is 9.18 Å². The van der Waals surface area contributed by atoms with Gasteiger partial charge in [-0.15, -0.1) is 0 Å². The number of hydrogen-bond acceptors (Lipinski definition) is 4. The number of amides is 1. The third kappa shape index (κ3) is 2.99. The Morgan fingerprint density at radius 2 is 1.92 bits per heavy atom. The Morgan fingerprint density at radius 1 is 1.08 bits per heavy atom. The van der Waals surface area contributed by atoms with Gasteiger partial charge in [-0.1, -0.05) is 18.2 Å². The smallest absolute Gasteiger partial charge is 0.272 e. The molecule has 1 amide bonds. The SMILES string of the molecule is O=C(c1ccccn1)N1CC(n2nc(-c3cccc(F)c3)ccc2=O)C1. The Balaban J connectivity index is 1.54. The molecule has 130 valence electrons. The van der Waals surface area contributed by atoms with Crippen molar-refractivity contribution in [2.45, 2.75) is 6.04 Å². The minimum absolute atomic E-state index is 0.170. The van der Waals surface area contributed by atoms with Crippen molar-refractivity contribution in [3.8, 4) is 11.3 Å². The molecule has 0 radical (unpaired) electrons. The Labute approximate surface area is 148 Å². The maximum Gasteiger partial charge on any atom is 0.272 e. The molecule has 0 spiro atoms. The second-order valence-electron chi connectivity index (χ2n) is 6.09. The minimum atomic E-state index is -0.363. The van der Waals surface area contributed by atoms with Gasteiger partial charge >= 0.3 is 0 Å². The van der Waals surface area contributed by atoms with Crippen LogP contribution in [0.15, 0.2) is 65.6 Å². The van der Waals surface area contributed by atoms with Gasteiger partial charge in [-0.25, -0.2) is 9.07 Å². The van der Waals surface area contributed by atoms with Gasteiger partial charge in [0.1, 0.15) is 11.5 Å². The number of nitrogens with zero attached hydrogens (tertiary/aromatic N) is 4. The van der Waals surface area contributed by atoms with E-state index in [0.29, 0.717) is 30.0 Å². The van der Waals surface area contributed by atoms with Crippen LogP contribution in [0.2, 0.25) is 0 Å². The summed E-state index contributed by atoms with van der Waals surface area (Å²) in [7, 11) is 0. The molecule has 3 aromatic rings. The van der Waals surface area contributed by atoms with Gasteiger partial charge in [-0.2, -0.15) is 5.10 Å². The van der Waals surface area contributed by atoms with Gasteiger partial charge in [-0.3, -0.25) is 14.6 Å². The van der Waals surface area contributed by atoms with Crippen LogP contribution in [0, 0.1) is 5.82 Å². The van der Waals surface area contributed by atoms with Gasteiger partial charge in [0, 0.05) is 30.9 Å². The molecule has 1 aromatic carbocycles. The Hall–Kier alpha value is -3.35. The molecule has 1 aliphatic rings. The highest BCUT2D eigenvalue weighted by atomic mass is 19.1. The first-order valence-electron chi connectivity index (χ1n) is 8.18. The van der Waals surface area contributed by atoms with Crippen molar-refractivity contribution in [3.63, 3.8) is 0 Å². The number of carbonyl (C=O) groups excluding carboxylic acids is 1. The van der Waals surface area contributed by atoms with Crippen LogP contribution >= 0.6 is 0 Å². The average Bonchev–Trinajstić information content (AvgIpc) is 2.62. The van der Waals surface area contributed by atoms with Crippen LogP contribution in [-0.4, -0.2) is 38.7 Å². The maximum absolute atomic E-state index is 13.4. The van der Waals surface area contributed by atoms with E-state index >= 15 is 0 Å². The fourth-order valence-corrected chi connectivity index (χ4v) is 2.92. The summed E-state index contributed by atoms with van der Waals surface area (Å²) in [6.45, 7) is 0.768. The summed E-state index contributed by atoms with van der Waals surface area (Å²) in [6.07, 6.45) is 1.57. The highest BCUT2D eigenvalue weighted by molar-refractivity contribution is 5.92. The van der Waals surface area contributed by atoms with Crippen LogP contribution in [0.1, 0.15) is 16.5 Å². The zero-order valence-electron chi connectivity index (χ0n) is 13.7. The van der Waals surface area contributed by atoms with Crippen LogP contribution in [0.5, 0.6) is 0 Å². The molecule has 1 aliphatic heterocycles. The van der Waals surface area contributed by atoms with Gasteiger partial charge in [0.05, 0.1) is 11.7 Å². The number of halogens is 1. The Morgan fingerprint density at radius 3 is 2.65 bits per heavy atom. The zero-order valence-corrected chi connectivity index (χ0v) is 13.7. The quantitative estimate of drug-likeness (QED) is 0.726. The predicted molar refractivity (Wildman–Crippen MR) is 93.1 cm³/mol. The molecule has 0 aliphatic carbocycles. The first-order valence-corrected chi connectivity index (χ1v) is 8.18. The van der Waals surface area contributed by atoms with Crippen LogP contribution < -0.4 is 5.56 Å². The van der Waals surface area contributed by atoms with Crippen molar-refractivity contribution in [1.82, 2.24) is 19.7 Å². The zero-order chi connectivity index (χ0) is 18.1. The standard InChI is InChI=1S/C19H15FN4O2/c20-14-5-3-4-13(10-14)16-7-8-18(25)24(22-16)15-11-23(12-15)19(26)17-6-1-2-9-21-17/h1-10,15H,11-12H2. The Bertz CT molecular complexity index is 1010. The predicted octanol–water partition coefficient (Wildman–Crippen LogP) is 2.14. The summed E-state index contributed by atoms with van der Waals surface area (Å²) in [5.41, 5.74) is 1.23. The van der Waals surface area contributed by atoms with Crippen LogP contribution in [0.4, 0.5) is 4.39 Å². The van der Waals surface area contributed by atoms with Crippen LogP contribution in [0.25, 0.3) is 11.3 Å². The lowest BCUT2D eigenvalue weighted by Crippen LogP contribution is -2.53. The van der Waals surface area contributed by atoms with Crippen LogP contribution in [-0.2, 0) is 0 Å². The number of benzene rings is 1.